The van der Waals surface area contributed by atoms with E-state index in [0.29, 0.717) is 6.29 Å². The van der Waals surface area contributed by atoms with Crippen LogP contribution in [0.4, 0.5) is 0 Å². The number of hydrogen-bond donors (Lipinski definition) is 3. The number of hydrogen-bond acceptors (Lipinski definition) is 4. The number of carbonyl (C=O) groups excluding carboxylic acids is 1. The highest BCUT2D eigenvalue weighted by atomic mass is 28.4. The van der Waals surface area contributed by atoms with Gasteiger partial charge in [0.05, 0.1) is 0 Å². The Morgan fingerprint density at radius 1 is 1.38 bits per heavy atom. The summed E-state index contributed by atoms with van der Waals surface area (Å²) >= 11 is 0. The van der Waals surface area contributed by atoms with E-state index in [4.69, 9.17) is 14.4 Å². The van der Waals surface area contributed by atoms with Crippen molar-refractivity contribution in [2.75, 3.05) is 0 Å². The van der Waals surface area contributed by atoms with Gasteiger partial charge in [-0.05, 0) is 0 Å². The van der Waals surface area contributed by atoms with Crippen molar-refractivity contribution in [1.29, 1.82) is 0 Å². The van der Waals surface area contributed by atoms with Crippen molar-refractivity contribution in [3.63, 3.8) is 0 Å². The van der Waals surface area contributed by atoms with Gasteiger partial charge in [-0.2, -0.15) is 0 Å². The van der Waals surface area contributed by atoms with Gasteiger partial charge < -0.3 is 19.2 Å². The fraction of sp³-hybridized carbons (Fsp3) is 0.667. The van der Waals surface area contributed by atoms with Gasteiger partial charge >= 0.3 is 8.80 Å². The first-order valence-corrected chi connectivity index (χ1v) is 4.22. The van der Waals surface area contributed by atoms with Crippen LogP contribution in [0, 0.1) is 0 Å². The lowest BCUT2D eigenvalue weighted by atomic mass is 10.6. The van der Waals surface area contributed by atoms with E-state index in [2.05, 4.69) is 0 Å². The van der Waals surface area contributed by atoms with Crippen LogP contribution in [0.5, 0.6) is 0 Å². The molecule has 0 aromatic carbocycles. The highest BCUT2D eigenvalue weighted by Crippen LogP contribution is 1.97. The molecule has 0 rings (SSSR count). The highest BCUT2D eigenvalue weighted by Gasteiger charge is 2.25. The fourth-order valence-electron chi connectivity index (χ4n) is 0.253. The smallest absolute Gasteiger partial charge is 0.390 e. The number of rotatable bonds is 3. The zero-order valence-electron chi connectivity index (χ0n) is 4.24. The lowest BCUT2D eigenvalue weighted by Gasteiger charge is -2.04. The van der Waals surface area contributed by atoms with Gasteiger partial charge in [0.15, 0.2) is 0 Å². The summed E-state index contributed by atoms with van der Waals surface area (Å²) in [5.74, 6) is 0. The maximum atomic E-state index is 9.54. The van der Waals surface area contributed by atoms with Crippen LogP contribution in [0.3, 0.4) is 0 Å². The molecule has 0 fully saturated rings. The SMILES string of the molecule is O=CCC[Si](O)(O)O. The van der Waals surface area contributed by atoms with Crippen LogP contribution in [-0.4, -0.2) is 29.5 Å². The second-order valence-corrected chi connectivity index (χ2v) is 3.53. The summed E-state index contributed by atoms with van der Waals surface area (Å²) < 4.78 is 0. The molecule has 5 heteroatoms. The molecule has 0 unspecified atom stereocenters. The van der Waals surface area contributed by atoms with E-state index in [-0.39, 0.29) is 12.5 Å². The molecule has 3 N–H and O–H groups in total. The summed E-state index contributed by atoms with van der Waals surface area (Å²) in [6.45, 7) is 0. The second-order valence-electron chi connectivity index (χ2n) is 1.48. The Hall–Kier alpha value is -0.233. The molecule has 4 nitrogen and oxygen atoms in total. The Morgan fingerprint density at radius 2 is 1.88 bits per heavy atom. The van der Waals surface area contributed by atoms with Crippen LogP contribution < -0.4 is 0 Å². The molecule has 0 heterocycles. The van der Waals surface area contributed by atoms with Gasteiger partial charge in [-0.3, -0.25) is 0 Å². The maximum absolute atomic E-state index is 9.54. The van der Waals surface area contributed by atoms with Gasteiger partial charge in [-0.15, -0.1) is 0 Å². The van der Waals surface area contributed by atoms with E-state index in [1.165, 1.54) is 0 Å². The average molecular weight is 136 g/mol. The van der Waals surface area contributed by atoms with Crippen molar-refractivity contribution in [2.24, 2.45) is 0 Å². The maximum Gasteiger partial charge on any atom is 0.493 e. The molecule has 8 heavy (non-hydrogen) atoms. The quantitative estimate of drug-likeness (QED) is 0.325. The van der Waals surface area contributed by atoms with Crippen LogP contribution >= 0.6 is 0 Å². The molecule has 0 atom stereocenters. The lowest BCUT2D eigenvalue weighted by molar-refractivity contribution is -0.107. The first-order valence-electron chi connectivity index (χ1n) is 2.17. The summed E-state index contributed by atoms with van der Waals surface area (Å²) in [7, 11) is -3.91. The Bertz CT molecular complexity index is 75.8. The van der Waals surface area contributed by atoms with Gasteiger partial charge in [-0.25, -0.2) is 0 Å². The molecule has 0 aliphatic carbocycles. The molecule has 0 aliphatic rings. The average Bonchev–Trinajstić information content (AvgIpc) is 1.59. The summed E-state index contributed by atoms with van der Waals surface area (Å²) in [6, 6.07) is -0.198. The predicted molar refractivity (Wildman–Crippen MR) is 27.9 cm³/mol. The summed E-state index contributed by atoms with van der Waals surface area (Å²) in [6.07, 6.45) is 0.542. The molecule has 0 aromatic rings. The van der Waals surface area contributed by atoms with Crippen molar-refractivity contribution in [2.45, 2.75) is 12.5 Å². The monoisotopic (exact) mass is 136 g/mol. The van der Waals surface area contributed by atoms with E-state index in [1.807, 2.05) is 0 Å². The van der Waals surface area contributed by atoms with E-state index < -0.39 is 8.80 Å². The van der Waals surface area contributed by atoms with Gasteiger partial charge in [0.25, 0.3) is 0 Å². The Labute approximate surface area is 47.8 Å². The molecule has 0 saturated carbocycles. The van der Waals surface area contributed by atoms with Crippen molar-refractivity contribution < 1.29 is 19.2 Å². The third-order valence-electron chi connectivity index (χ3n) is 0.598. The number of carbonyl (C=O) groups is 1. The van der Waals surface area contributed by atoms with Crippen molar-refractivity contribution in [1.82, 2.24) is 0 Å². The molecule has 48 valence electrons. The van der Waals surface area contributed by atoms with Gasteiger partial charge in [-0.1, -0.05) is 0 Å². The highest BCUT2D eigenvalue weighted by molar-refractivity contribution is 6.56. The predicted octanol–water partition coefficient (Wildman–Crippen LogP) is -1.51. The van der Waals surface area contributed by atoms with E-state index in [9.17, 15) is 4.79 Å². The molecular weight excluding hydrogens is 128 g/mol. The fourth-order valence-corrected chi connectivity index (χ4v) is 0.758. The minimum absolute atomic E-state index is 0.00965. The van der Waals surface area contributed by atoms with Crippen molar-refractivity contribution in [3.05, 3.63) is 0 Å². The van der Waals surface area contributed by atoms with Crippen LogP contribution in [0.25, 0.3) is 0 Å². The zero-order chi connectivity index (χ0) is 6.62. The van der Waals surface area contributed by atoms with Crippen LogP contribution in [0.1, 0.15) is 6.42 Å². The van der Waals surface area contributed by atoms with Crippen LogP contribution in [0.2, 0.25) is 6.04 Å². The van der Waals surface area contributed by atoms with Crippen molar-refractivity contribution >= 4 is 15.1 Å². The molecule has 0 aromatic heterocycles. The first kappa shape index (κ1) is 7.77. The summed E-state index contributed by atoms with van der Waals surface area (Å²) in [5.41, 5.74) is 0. The van der Waals surface area contributed by atoms with E-state index in [1.54, 1.807) is 0 Å². The molecule has 0 spiro atoms. The van der Waals surface area contributed by atoms with Gasteiger partial charge in [0, 0.05) is 12.5 Å². The Kier molecular flexibility index (Phi) is 2.84. The number of aldehydes is 1. The minimum atomic E-state index is -3.91. The van der Waals surface area contributed by atoms with E-state index >= 15 is 0 Å². The van der Waals surface area contributed by atoms with Crippen LogP contribution in [0.15, 0.2) is 0 Å². The van der Waals surface area contributed by atoms with E-state index in [0.717, 1.165) is 0 Å². The topological polar surface area (TPSA) is 77.8 Å². The third-order valence-corrected chi connectivity index (χ3v) is 1.56. The Balaban J connectivity index is 3.24. The van der Waals surface area contributed by atoms with Crippen LogP contribution in [-0.2, 0) is 4.79 Å². The van der Waals surface area contributed by atoms with Crippen molar-refractivity contribution in [3.8, 4) is 0 Å². The normalized spacial score (nSPS) is 11.4. The lowest BCUT2D eigenvalue weighted by Crippen LogP contribution is -2.34. The standard InChI is InChI=1S/C3H8O4Si/c4-2-1-3-8(5,6)7/h2,5-7H,1,3H2. The molecule has 0 radical (unpaired) electrons. The Morgan fingerprint density at radius 3 is 2.00 bits per heavy atom. The third kappa shape index (κ3) is 5.77. The summed E-state index contributed by atoms with van der Waals surface area (Å²) in [5, 5.41) is 0. The molecule has 0 bridgehead atoms. The molecule has 0 amide bonds. The zero-order valence-corrected chi connectivity index (χ0v) is 5.24. The summed E-state index contributed by atoms with van der Waals surface area (Å²) in [4.78, 5) is 34.3. The second kappa shape index (κ2) is 2.93. The molecular formula is C3H8O4Si. The van der Waals surface area contributed by atoms with Gasteiger partial charge in [0.1, 0.15) is 6.29 Å². The first-order chi connectivity index (χ1) is 3.56. The molecule has 0 aliphatic heterocycles. The minimum Gasteiger partial charge on any atom is -0.390 e. The van der Waals surface area contributed by atoms with Gasteiger partial charge in [0.2, 0.25) is 0 Å². The largest absolute Gasteiger partial charge is 0.493 e. The molecule has 0 saturated heterocycles.